The zero-order valence-corrected chi connectivity index (χ0v) is 16.1. The summed E-state index contributed by atoms with van der Waals surface area (Å²) in [6.07, 6.45) is 1.53. The molecule has 2 aromatic heterocycles. The molecule has 2 aromatic carbocycles. The highest BCUT2D eigenvalue weighted by atomic mass is 19.1. The summed E-state index contributed by atoms with van der Waals surface area (Å²) < 4.78 is 20.3. The van der Waals surface area contributed by atoms with Crippen LogP contribution in [-0.4, -0.2) is 26.1 Å². The van der Waals surface area contributed by atoms with Crippen molar-refractivity contribution >= 4 is 5.91 Å². The fourth-order valence-electron chi connectivity index (χ4n) is 4.00. The molecule has 1 atom stereocenters. The van der Waals surface area contributed by atoms with E-state index in [4.69, 9.17) is 4.42 Å². The maximum absolute atomic E-state index is 14.9. The zero-order chi connectivity index (χ0) is 20.8. The van der Waals surface area contributed by atoms with Gasteiger partial charge in [-0.25, -0.2) is 4.39 Å². The second-order valence-electron chi connectivity index (χ2n) is 7.32. The van der Waals surface area contributed by atoms with Crippen LogP contribution in [0.4, 0.5) is 4.39 Å². The van der Waals surface area contributed by atoms with Crippen LogP contribution in [0.1, 0.15) is 39.0 Å². The van der Waals surface area contributed by atoms with Gasteiger partial charge in [0.1, 0.15) is 28.7 Å². The number of nitrogens with one attached hydrogen (secondary N) is 1. The molecule has 0 radical (unpaired) electrons. The lowest BCUT2D eigenvalue weighted by Crippen LogP contribution is -2.29. The van der Waals surface area contributed by atoms with E-state index in [0.717, 1.165) is 5.56 Å². The van der Waals surface area contributed by atoms with E-state index in [0.29, 0.717) is 28.1 Å². The number of hydrogen-bond donors (Lipinski definition) is 2. The van der Waals surface area contributed by atoms with Crippen molar-refractivity contribution in [2.24, 2.45) is 0 Å². The number of H-pyrrole nitrogens is 1. The number of hydrogen-bond acceptors (Lipinski definition) is 4. The first-order valence-electron chi connectivity index (χ1n) is 9.50. The van der Waals surface area contributed by atoms with E-state index in [1.165, 1.54) is 12.3 Å². The number of aryl methyl sites for hydroxylation is 1. The molecule has 0 saturated carbocycles. The molecule has 2 N–H and O–H groups in total. The Morgan fingerprint density at radius 2 is 2.03 bits per heavy atom. The summed E-state index contributed by atoms with van der Waals surface area (Å²) in [5, 5.41) is 17.6. The van der Waals surface area contributed by atoms with E-state index in [2.05, 4.69) is 10.2 Å². The zero-order valence-electron chi connectivity index (χ0n) is 16.1. The molecule has 0 aliphatic carbocycles. The highest BCUT2D eigenvalue weighted by molar-refractivity contribution is 6.00. The van der Waals surface area contributed by atoms with E-state index in [1.54, 1.807) is 53.4 Å². The van der Waals surface area contributed by atoms with E-state index in [-0.39, 0.29) is 23.9 Å². The average molecular weight is 403 g/mol. The number of aromatic nitrogens is 2. The largest absolute Gasteiger partial charge is 0.507 e. The molecule has 1 aliphatic rings. The Morgan fingerprint density at radius 1 is 1.20 bits per heavy atom. The SMILES string of the molecule is Cc1ccc(O)c(-c2n[nH]c3c2[C@H](c2ccccc2F)N(Cc2ccco2)C3=O)c1. The predicted molar refractivity (Wildman–Crippen MR) is 107 cm³/mol. The van der Waals surface area contributed by atoms with Crippen LogP contribution in [0.3, 0.4) is 0 Å². The van der Waals surface area contributed by atoms with Crippen LogP contribution in [-0.2, 0) is 6.54 Å². The van der Waals surface area contributed by atoms with Gasteiger partial charge in [-0.3, -0.25) is 9.89 Å². The van der Waals surface area contributed by atoms with Gasteiger partial charge in [-0.05, 0) is 37.3 Å². The Bertz CT molecular complexity index is 1250. The number of carbonyl (C=O) groups excluding carboxylic acids is 1. The van der Waals surface area contributed by atoms with Crippen LogP contribution in [0.5, 0.6) is 5.75 Å². The number of carbonyl (C=O) groups is 1. The standard InChI is InChI=1S/C23H18FN3O3/c1-13-8-9-18(28)16(11-13)20-19-21(26-25-20)23(29)27(12-14-5-4-10-30-14)22(19)15-6-2-3-7-17(15)24/h2-11,22,28H,12H2,1H3,(H,25,26)/t22-/m0/s1. The smallest absolute Gasteiger partial charge is 0.273 e. The number of aromatic hydroxyl groups is 1. The van der Waals surface area contributed by atoms with E-state index in [1.807, 2.05) is 6.92 Å². The van der Waals surface area contributed by atoms with Crippen molar-refractivity contribution in [3.05, 3.63) is 94.8 Å². The lowest BCUT2D eigenvalue weighted by Gasteiger charge is -2.26. The van der Waals surface area contributed by atoms with Crippen molar-refractivity contribution < 1.29 is 18.7 Å². The third-order valence-electron chi connectivity index (χ3n) is 5.38. The molecule has 30 heavy (non-hydrogen) atoms. The molecule has 0 saturated heterocycles. The first-order chi connectivity index (χ1) is 14.5. The molecule has 0 unspecified atom stereocenters. The number of rotatable bonds is 4. The van der Waals surface area contributed by atoms with Crippen LogP contribution >= 0.6 is 0 Å². The second-order valence-corrected chi connectivity index (χ2v) is 7.32. The predicted octanol–water partition coefficient (Wildman–Crippen LogP) is 4.57. The van der Waals surface area contributed by atoms with Gasteiger partial charge in [0.2, 0.25) is 0 Å². The highest BCUT2D eigenvalue weighted by Gasteiger charge is 2.43. The van der Waals surface area contributed by atoms with Gasteiger partial charge in [-0.1, -0.05) is 29.8 Å². The quantitative estimate of drug-likeness (QED) is 0.523. The summed E-state index contributed by atoms with van der Waals surface area (Å²) in [6.45, 7) is 2.07. The molecule has 6 nitrogen and oxygen atoms in total. The lowest BCUT2D eigenvalue weighted by atomic mass is 9.94. The number of fused-ring (bicyclic) bond motifs is 1. The van der Waals surface area contributed by atoms with Crippen molar-refractivity contribution in [1.29, 1.82) is 0 Å². The summed E-state index contributed by atoms with van der Waals surface area (Å²) >= 11 is 0. The molecule has 0 fully saturated rings. The van der Waals surface area contributed by atoms with E-state index < -0.39 is 11.9 Å². The van der Waals surface area contributed by atoms with Crippen LogP contribution in [0, 0.1) is 12.7 Å². The molecule has 1 aliphatic heterocycles. The molecule has 0 bridgehead atoms. The van der Waals surface area contributed by atoms with Crippen molar-refractivity contribution in [2.45, 2.75) is 19.5 Å². The van der Waals surface area contributed by atoms with Gasteiger partial charge >= 0.3 is 0 Å². The molecule has 0 spiro atoms. The Kier molecular flexibility index (Phi) is 4.17. The Labute approximate surface area is 171 Å². The Hall–Kier alpha value is -3.87. The number of halogens is 1. The fourth-order valence-corrected chi connectivity index (χ4v) is 4.00. The number of nitrogens with zero attached hydrogens (tertiary/aromatic N) is 2. The third kappa shape index (κ3) is 2.78. The number of furan rings is 1. The molecule has 5 rings (SSSR count). The first kappa shape index (κ1) is 18.2. The Balaban J connectivity index is 1.71. The first-order valence-corrected chi connectivity index (χ1v) is 9.50. The summed E-state index contributed by atoms with van der Waals surface area (Å²) in [6, 6.07) is 14.3. The molecule has 7 heteroatoms. The van der Waals surface area contributed by atoms with Gasteiger partial charge in [0.15, 0.2) is 0 Å². The summed E-state index contributed by atoms with van der Waals surface area (Å²) in [7, 11) is 0. The molecule has 4 aromatic rings. The van der Waals surface area contributed by atoms with Crippen molar-refractivity contribution in [1.82, 2.24) is 15.1 Å². The van der Waals surface area contributed by atoms with Crippen molar-refractivity contribution in [3.8, 4) is 17.0 Å². The number of phenolic OH excluding ortho intramolecular Hbond substituents is 1. The summed E-state index contributed by atoms with van der Waals surface area (Å²) in [5.74, 6) is -0.101. The molecule has 1 amide bonds. The van der Waals surface area contributed by atoms with Crippen LogP contribution < -0.4 is 0 Å². The van der Waals surface area contributed by atoms with Gasteiger partial charge in [0, 0.05) is 16.7 Å². The highest BCUT2D eigenvalue weighted by Crippen LogP contribution is 2.45. The Morgan fingerprint density at radius 3 is 2.80 bits per heavy atom. The van der Waals surface area contributed by atoms with Gasteiger partial charge in [0.05, 0.1) is 18.8 Å². The maximum Gasteiger partial charge on any atom is 0.273 e. The van der Waals surface area contributed by atoms with Crippen LogP contribution in [0.2, 0.25) is 0 Å². The van der Waals surface area contributed by atoms with Crippen LogP contribution in [0.25, 0.3) is 11.3 Å². The van der Waals surface area contributed by atoms with Gasteiger partial charge < -0.3 is 14.4 Å². The normalized spacial score (nSPS) is 15.6. The van der Waals surface area contributed by atoms with Crippen LogP contribution in [0.15, 0.2) is 65.3 Å². The average Bonchev–Trinajstić information content (AvgIpc) is 3.45. The van der Waals surface area contributed by atoms with Gasteiger partial charge in [-0.15, -0.1) is 0 Å². The number of aromatic amines is 1. The number of phenols is 1. The van der Waals surface area contributed by atoms with E-state index in [9.17, 15) is 14.3 Å². The fraction of sp³-hybridized carbons (Fsp3) is 0.130. The molecule has 3 heterocycles. The summed E-state index contributed by atoms with van der Waals surface area (Å²) in [4.78, 5) is 14.8. The van der Waals surface area contributed by atoms with E-state index >= 15 is 0 Å². The lowest BCUT2D eigenvalue weighted by molar-refractivity contribution is 0.0715. The minimum Gasteiger partial charge on any atom is -0.507 e. The number of amides is 1. The minimum atomic E-state index is -0.715. The van der Waals surface area contributed by atoms with Crippen molar-refractivity contribution in [2.75, 3.05) is 0 Å². The minimum absolute atomic E-state index is 0.0408. The number of benzene rings is 2. The van der Waals surface area contributed by atoms with Gasteiger partial charge in [-0.2, -0.15) is 5.10 Å². The topological polar surface area (TPSA) is 82.4 Å². The third-order valence-corrected chi connectivity index (χ3v) is 5.38. The second kappa shape index (κ2) is 6.88. The maximum atomic E-state index is 14.9. The van der Waals surface area contributed by atoms with Crippen molar-refractivity contribution in [3.63, 3.8) is 0 Å². The van der Waals surface area contributed by atoms with Gasteiger partial charge in [0.25, 0.3) is 5.91 Å². The monoisotopic (exact) mass is 403 g/mol. The molecular weight excluding hydrogens is 385 g/mol. The summed E-state index contributed by atoms with van der Waals surface area (Å²) in [5.41, 5.74) is 3.02. The molecule has 150 valence electrons. The molecular formula is C23H18FN3O3.